The largest absolute Gasteiger partial charge is 0.381 e. The second kappa shape index (κ2) is 9.65. The quantitative estimate of drug-likeness (QED) is 0.787. The Hall–Kier alpha value is -2.21. The molecule has 1 saturated heterocycles. The lowest BCUT2D eigenvalue weighted by molar-refractivity contribution is -0.0785. The van der Waals surface area contributed by atoms with Gasteiger partial charge in [0.05, 0.1) is 12.1 Å². The molecule has 1 amide bonds. The summed E-state index contributed by atoms with van der Waals surface area (Å²) in [6, 6.07) is 17.3. The molecule has 5 nitrogen and oxygen atoms in total. The average molecular weight is 368 g/mol. The predicted molar refractivity (Wildman–Crippen MR) is 105 cm³/mol. The Morgan fingerprint density at radius 1 is 1.15 bits per heavy atom. The van der Waals surface area contributed by atoms with E-state index >= 15 is 0 Å². The monoisotopic (exact) mass is 368 g/mol. The zero-order chi connectivity index (χ0) is 19.1. The molecule has 2 aromatic carbocycles. The Balaban J connectivity index is 1.71. The van der Waals surface area contributed by atoms with Crippen molar-refractivity contribution in [3.05, 3.63) is 71.3 Å². The van der Waals surface area contributed by atoms with Gasteiger partial charge in [0.25, 0.3) is 5.91 Å². The molecule has 2 aromatic rings. The topological polar surface area (TPSA) is 73.6 Å². The fraction of sp³-hybridized carbons (Fsp3) is 0.409. The number of nitrogens with one attached hydrogen (secondary N) is 1. The number of hydrogen-bond acceptors (Lipinski definition) is 4. The highest BCUT2D eigenvalue weighted by molar-refractivity contribution is 5.94. The molecule has 1 fully saturated rings. The van der Waals surface area contributed by atoms with Gasteiger partial charge in [0.2, 0.25) is 0 Å². The van der Waals surface area contributed by atoms with Crippen LogP contribution in [0.5, 0.6) is 0 Å². The van der Waals surface area contributed by atoms with Gasteiger partial charge in [-0.15, -0.1) is 0 Å². The van der Waals surface area contributed by atoms with Crippen LogP contribution in [0, 0.1) is 0 Å². The Morgan fingerprint density at radius 3 is 2.44 bits per heavy atom. The highest BCUT2D eigenvalue weighted by Gasteiger charge is 2.26. The number of ether oxygens (including phenoxy) is 2. The lowest BCUT2D eigenvalue weighted by Crippen LogP contribution is -2.40. The summed E-state index contributed by atoms with van der Waals surface area (Å²) in [7, 11) is 0. The van der Waals surface area contributed by atoms with Crippen LogP contribution in [-0.2, 0) is 16.0 Å². The maximum Gasteiger partial charge on any atom is 0.251 e. The molecule has 0 aromatic heterocycles. The maximum atomic E-state index is 12.7. The number of hydrogen-bond donors (Lipinski definition) is 2. The van der Waals surface area contributed by atoms with Crippen LogP contribution >= 0.6 is 0 Å². The first-order chi connectivity index (χ1) is 13.2. The van der Waals surface area contributed by atoms with Crippen LogP contribution in [0.25, 0.3) is 0 Å². The summed E-state index contributed by atoms with van der Waals surface area (Å²) in [4.78, 5) is 12.7. The minimum absolute atomic E-state index is 0.109. The highest BCUT2D eigenvalue weighted by atomic mass is 16.5. The van der Waals surface area contributed by atoms with Crippen LogP contribution in [0.3, 0.4) is 0 Å². The molecule has 144 valence electrons. The summed E-state index contributed by atoms with van der Waals surface area (Å²) in [6.45, 7) is 3.90. The molecule has 0 spiro atoms. The summed E-state index contributed by atoms with van der Waals surface area (Å²) in [5.41, 5.74) is 8.32. The molecule has 2 atom stereocenters. The van der Waals surface area contributed by atoms with Gasteiger partial charge in [-0.1, -0.05) is 42.5 Å². The van der Waals surface area contributed by atoms with E-state index in [2.05, 4.69) is 5.32 Å². The number of carbonyl (C=O) groups excluding carboxylic acids is 1. The Bertz CT molecular complexity index is 712. The first kappa shape index (κ1) is 19.5. The van der Waals surface area contributed by atoms with Crippen LogP contribution in [0.2, 0.25) is 0 Å². The third kappa shape index (κ3) is 5.39. The van der Waals surface area contributed by atoms with Crippen molar-refractivity contribution in [2.75, 3.05) is 13.2 Å². The molecule has 0 aliphatic carbocycles. The molecule has 3 N–H and O–H groups in total. The van der Waals surface area contributed by atoms with Gasteiger partial charge in [-0.2, -0.15) is 0 Å². The third-order valence-electron chi connectivity index (χ3n) is 4.90. The minimum Gasteiger partial charge on any atom is -0.381 e. The van der Waals surface area contributed by atoms with Crippen LogP contribution < -0.4 is 11.1 Å². The summed E-state index contributed by atoms with van der Waals surface area (Å²) >= 11 is 0. The van der Waals surface area contributed by atoms with Crippen molar-refractivity contribution >= 4 is 5.91 Å². The Kier molecular flexibility index (Phi) is 6.98. The molecule has 5 heteroatoms. The van der Waals surface area contributed by atoms with Gasteiger partial charge in [0.1, 0.15) is 6.10 Å². The standard InChI is InChI=1S/C22H28N2O3/c1-16(24-22(25)19-9-7-17(15-23)8-10-19)21(18-5-3-2-4-6-18)27-20-11-13-26-14-12-20/h2-10,16,20-21H,11-15,23H2,1H3,(H,24,25). The average Bonchev–Trinajstić information content (AvgIpc) is 2.73. The second-order valence-corrected chi connectivity index (χ2v) is 6.94. The van der Waals surface area contributed by atoms with Crippen molar-refractivity contribution in [2.45, 2.75) is 44.6 Å². The lowest BCUT2D eigenvalue weighted by atomic mass is 10.0. The lowest BCUT2D eigenvalue weighted by Gasteiger charge is -2.32. The van der Waals surface area contributed by atoms with Crippen molar-refractivity contribution in [2.24, 2.45) is 5.73 Å². The SMILES string of the molecule is CC(NC(=O)c1ccc(CN)cc1)C(OC1CCOCC1)c1ccccc1. The number of rotatable bonds is 7. The molecule has 0 saturated carbocycles. The third-order valence-corrected chi connectivity index (χ3v) is 4.90. The molecule has 2 unspecified atom stereocenters. The number of amides is 1. The molecule has 27 heavy (non-hydrogen) atoms. The molecular formula is C22H28N2O3. The Morgan fingerprint density at radius 2 is 1.81 bits per heavy atom. The van der Waals surface area contributed by atoms with Gasteiger partial charge in [-0.3, -0.25) is 4.79 Å². The van der Waals surface area contributed by atoms with Gasteiger partial charge < -0.3 is 20.5 Å². The number of carbonyl (C=O) groups is 1. The molecule has 0 bridgehead atoms. The van der Waals surface area contributed by atoms with Crippen LogP contribution in [0.1, 0.15) is 47.4 Å². The smallest absolute Gasteiger partial charge is 0.251 e. The zero-order valence-electron chi connectivity index (χ0n) is 15.8. The first-order valence-corrected chi connectivity index (χ1v) is 9.55. The van der Waals surface area contributed by atoms with Crippen LogP contribution in [0.4, 0.5) is 0 Å². The fourth-order valence-corrected chi connectivity index (χ4v) is 3.31. The van der Waals surface area contributed by atoms with E-state index in [-0.39, 0.29) is 24.2 Å². The van der Waals surface area contributed by atoms with Gasteiger partial charge in [0.15, 0.2) is 0 Å². The van der Waals surface area contributed by atoms with E-state index in [1.165, 1.54) is 0 Å². The molecule has 1 aliphatic heterocycles. The van der Waals surface area contributed by atoms with E-state index in [9.17, 15) is 4.79 Å². The second-order valence-electron chi connectivity index (χ2n) is 6.94. The number of benzene rings is 2. The van der Waals surface area contributed by atoms with Gasteiger partial charge in [0, 0.05) is 25.3 Å². The summed E-state index contributed by atoms with van der Waals surface area (Å²) in [6.07, 6.45) is 1.70. The van der Waals surface area contributed by atoms with Crippen molar-refractivity contribution in [3.63, 3.8) is 0 Å². The fourth-order valence-electron chi connectivity index (χ4n) is 3.31. The normalized spacial score (nSPS) is 17.3. The van der Waals surface area contributed by atoms with Crippen molar-refractivity contribution in [1.29, 1.82) is 0 Å². The van der Waals surface area contributed by atoms with E-state index in [1.54, 1.807) is 12.1 Å². The van der Waals surface area contributed by atoms with Gasteiger partial charge in [-0.05, 0) is 43.0 Å². The minimum atomic E-state index is -0.207. The highest BCUT2D eigenvalue weighted by Crippen LogP contribution is 2.26. The van der Waals surface area contributed by atoms with Gasteiger partial charge in [-0.25, -0.2) is 0 Å². The number of nitrogens with two attached hydrogens (primary N) is 1. The van der Waals surface area contributed by atoms with Crippen LogP contribution in [0.15, 0.2) is 54.6 Å². The van der Waals surface area contributed by atoms with E-state index in [4.69, 9.17) is 15.2 Å². The molecule has 1 heterocycles. The van der Waals surface area contributed by atoms with Crippen LogP contribution in [-0.4, -0.2) is 31.3 Å². The van der Waals surface area contributed by atoms with E-state index < -0.39 is 0 Å². The molecule has 0 radical (unpaired) electrons. The first-order valence-electron chi connectivity index (χ1n) is 9.55. The molecule has 1 aliphatic rings. The van der Waals surface area contributed by atoms with Crippen molar-refractivity contribution in [1.82, 2.24) is 5.32 Å². The van der Waals surface area contributed by atoms with E-state index in [0.29, 0.717) is 12.1 Å². The summed E-state index contributed by atoms with van der Waals surface area (Å²) < 4.78 is 11.8. The van der Waals surface area contributed by atoms with Crippen molar-refractivity contribution in [3.8, 4) is 0 Å². The Labute approximate surface area is 160 Å². The van der Waals surface area contributed by atoms with E-state index in [1.807, 2.05) is 49.4 Å². The van der Waals surface area contributed by atoms with Crippen molar-refractivity contribution < 1.29 is 14.3 Å². The molecule has 3 rings (SSSR count). The summed E-state index contributed by atoms with van der Waals surface area (Å²) in [5, 5.41) is 3.10. The zero-order valence-corrected chi connectivity index (χ0v) is 15.8. The maximum absolute atomic E-state index is 12.7. The predicted octanol–water partition coefficient (Wildman–Crippen LogP) is 3.20. The molecular weight excluding hydrogens is 340 g/mol. The van der Waals surface area contributed by atoms with Gasteiger partial charge >= 0.3 is 0 Å². The van der Waals surface area contributed by atoms with E-state index in [0.717, 1.165) is 37.2 Å². The summed E-state index contributed by atoms with van der Waals surface area (Å²) in [5.74, 6) is -0.109.